The standard InChI is InChI=1S/C52H40N2/c1-33-41-27-25-38(36-14-12-16-40(30-36)54-51-23-9-5-19-45(51)46-20-6-10-24-52(46)54)32-48(41)34(2)42-28-26-37(31-47(33)42)35-13-11-15-39(29-35)53-49-21-7-3-17-43(49)44-18-4-8-22-50(44)53/h3-5,7-19,21-25,27,29-32H,6,20,26,28H2,1-2H3. The Kier molecular flexibility index (Phi) is 6.97. The van der Waals surface area contributed by atoms with Crippen LogP contribution >= 0.6 is 0 Å². The van der Waals surface area contributed by atoms with E-state index >= 15 is 0 Å². The molecule has 0 atom stereocenters. The van der Waals surface area contributed by atoms with E-state index in [4.69, 9.17) is 0 Å². The molecule has 0 saturated carbocycles. The fourth-order valence-corrected chi connectivity index (χ4v) is 9.68. The molecule has 0 spiro atoms. The lowest BCUT2D eigenvalue weighted by Crippen LogP contribution is -2.05. The van der Waals surface area contributed by atoms with Crippen LogP contribution in [0.5, 0.6) is 0 Å². The van der Waals surface area contributed by atoms with Gasteiger partial charge in [0.05, 0.1) is 16.6 Å². The summed E-state index contributed by atoms with van der Waals surface area (Å²) in [6.07, 6.45) is 11.4. The van der Waals surface area contributed by atoms with Crippen molar-refractivity contribution in [1.29, 1.82) is 0 Å². The van der Waals surface area contributed by atoms with Crippen LogP contribution in [0, 0.1) is 13.8 Å². The van der Waals surface area contributed by atoms with Gasteiger partial charge in [0.1, 0.15) is 0 Å². The first-order chi connectivity index (χ1) is 26.6. The molecular formula is C52H40N2. The van der Waals surface area contributed by atoms with Crippen LogP contribution < -0.4 is 0 Å². The number of fused-ring (bicyclic) bond motifs is 8. The van der Waals surface area contributed by atoms with Crippen LogP contribution in [0.15, 0.2) is 146 Å². The van der Waals surface area contributed by atoms with Crippen molar-refractivity contribution < 1.29 is 0 Å². The van der Waals surface area contributed by atoms with E-state index in [-0.39, 0.29) is 0 Å². The van der Waals surface area contributed by atoms with Crippen LogP contribution in [-0.2, 0) is 12.8 Å². The van der Waals surface area contributed by atoms with Gasteiger partial charge in [-0.3, -0.25) is 0 Å². The molecule has 54 heavy (non-hydrogen) atoms. The Morgan fingerprint density at radius 3 is 1.83 bits per heavy atom. The third kappa shape index (κ3) is 4.66. The van der Waals surface area contributed by atoms with Gasteiger partial charge in [-0.15, -0.1) is 0 Å². The van der Waals surface area contributed by atoms with Crippen molar-refractivity contribution in [1.82, 2.24) is 9.13 Å². The van der Waals surface area contributed by atoms with Gasteiger partial charge in [-0.05, 0) is 155 Å². The molecule has 11 rings (SSSR count). The summed E-state index contributed by atoms with van der Waals surface area (Å²) in [5.41, 5.74) is 19.9. The lowest BCUT2D eigenvalue weighted by atomic mass is 9.81. The molecule has 2 aromatic heterocycles. The largest absolute Gasteiger partial charge is 0.310 e. The monoisotopic (exact) mass is 692 g/mol. The van der Waals surface area contributed by atoms with E-state index in [2.05, 4.69) is 181 Å². The maximum absolute atomic E-state index is 2.49. The summed E-state index contributed by atoms with van der Waals surface area (Å²) < 4.78 is 4.88. The molecule has 0 radical (unpaired) electrons. The number of benzene rings is 7. The van der Waals surface area contributed by atoms with Crippen LogP contribution in [0.4, 0.5) is 0 Å². The van der Waals surface area contributed by atoms with Gasteiger partial charge < -0.3 is 9.13 Å². The summed E-state index contributed by atoms with van der Waals surface area (Å²) in [7, 11) is 0. The molecule has 2 nitrogen and oxygen atoms in total. The fraction of sp³-hybridized carbons (Fsp3) is 0.115. The first-order valence-corrected chi connectivity index (χ1v) is 19.4. The number of para-hydroxylation sites is 3. The van der Waals surface area contributed by atoms with Gasteiger partial charge in [0, 0.05) is 33.2 Å². The van der Waals surface area contributed by atoms with E-state index in [1.807, 2.05) is 0 Å². The summed E-state index contributed by atoms with van der Waals surface area (Å²) in [6.45, 7) is 4.66. The predicted molar refractivity (Wildman–Crippen MR) is 230 cm³/mol. The number of nitrogens with zero attached hydrogens (tertiary/aromatic N) is 2. The molecule has 0 bridgehead atoms. The summed E-state index contributed by atoms with van der Waals surface area (Å²) >= 11 is 0. The number of rotatable bonds is 4. The minimum Gasteiger partial charge on any atom is -0.310 e. The molecule has 258 valence electrons. The van der Waals surface area contributed by atoms with Gasteiger partial charge >= 0.3 is 0 Å². The van der Waals surface area contributed by atoms with E-state index in [0.29, 0.717) is 0 Å². The van der Waals surface area contributed by atoms with Crippen molar-refractivity contribution in [3.63, 3.8) is 0 Å². The summed E-state index contributed by atoms with van der Waals surface area (Å²) in [4.78, 5) is 0. The van der Waals surface area contributed by atoms with E-state index in [1.165, 1.54) is 111 Å². The molecule has 9 aromatic rings. The zero-order chi connectivity index (χ0) is 35.9. The van der Waals surface area contributed by atoms with Crippen molar-refractivity contribution in [2.24, 2.45) is 0 Å². The quantitative estimate of drug-likeness (QED) is 0.174. The minimum absolute atomic E-state index is 1.03. The summed E-state index contributed by atoms with van der Waals surface area (Å²) in [5, 5.41) is 6.67. The van der Waals surface area contributed by atoms with Gasteiger partial charge in [-0.2, -0.15) is 0 Å². The van der Waals surface area contributed by atoms with E-state index in [9.17, 15) is 0 Å². The first-order valence-electron chi connectivity index (χ1n) is 19.4. The Bertz CT molecular complexity index is 3020. The average Bonchev–Trinajstić information content (AvgIpc) is 3.76. The van der Waals surface area contributed by atoms with Crippen LogP contribution in [0.3, 0.4) is 0 Å². The van der Waals surface area contributed by atoms with Crippen molar-refractivity contribution >= 4 is 61.2 Å². The lowest BCUT2D eigenvalue weighted by Gasteiger charge is -2.24. The maximum atomic E-state index is 2.49. The second kappa shape index (κ2) is 12.1. The molecule has 2 heteroatoms. The fourth-order valence-electron chi connectivity index (χ4n) is 9.68. The van der Waals surface area contributed by atoms with Crippen LogP contribution in [-0.4, -0.2) is 9.13 Å². The first kappa shape index (κ1) is 31.2. The summed E-state index contributed by atoms with van der Waals surface area (Å²) in [6, 6.07) is 51.8. The highest BCUT2D eigenvalue weighted by atomic mass is 15.0. The van der Waals surface area contributed by atoms with Gasteiger partial charge in [0.2, 0.25) is 0 Å². The Morgan fingerprint density at radius 2 is 1.07 bits per heavy atom. The van der Waals surface area contributed by atoms with Crippen molar-refractivity contribution in [2.75, 3.05) is 0 Å². The molecule has 2 aliphatic carbocycles. The molecule has 2 aliphatic rings. The third-order valence-corrected chi connectivity index (χ3v) is 12.3. The molecule has 0 unspecified atom stereocenters. The SMILES string of the molecule is Cc1c2c(c(C)c3cc(-c4cccc(-n5c6c(c7ccccc75)CCC=C6)c4)ccc13)CCC(c1cccc(-n3c4ccccc4c4ccccc43)c1)=C2. The lowest BCUT2D eigenvalue weighted by molar-refractivity contribution is 0.968. The molecule has 0 aliphatic heterocycles. The topological polar surface area (TPSA) is 9.86 Å². The Labute approximate surface area is 315 Å². The zero-order valence-corrected chi connectivity index (χ0v) is 30.7. The van der Waals surface area contributed by atoms with Crippen LogP contribution in [0.25, 0.3) is 83.7 Å². The maximum Gasteiger partial charge on any atom is 0.0541 e. The normalized spacial score (nSPS) is 13.9. The van der Waals surface area contributed by atoms with Crippen molar-refractivity contribution in [3.8, 4) is 22.5 Å². The smallest absolute Gasteiger partial charge is 0.0541 e. The van der Waals surface area contributed by atoms with E-state index < -0.39 is 0 Å². The third-order valence-electron chi connectivity index (χ3n) is 12.3. The second-order valence-corrected chi connectivity index (χ2v) is 15.2. The van der Waals surface area contributed by atoms with Crippen molar-refractivity contribution in [2.45, 2.75) is 39.5 Å². The molecule has 0 fully saturated rings. The summed E-state index contributed by atoms with van der Waals surface area (Å²) in [5.74, 6) is 0. The zero-order valence-electron chi connectivity index (χ0n) is 30.7. The Balaban J connectivity index is 0.984. The van der Waals surface area contributed by atoms with Gasteiger partial charge in [0.15, 0.2) is 0 Å². The Hall–Kier alpha value is -6.38. The molecule has 7 aromatic carbocycles. The number of aryl methyl sites for hydroxylation is 3. The number of hydrogen-bond donors (Lipinski definition) is 0. The number of aromatic nitrogens is 2. The van der Waals surface area contributed by atoms with Gasteiger partial charge in [-0.25, -0.2) is 0 Å². The molecular weight excluding hydrogens is 653 g/mol. The van der Waals surface area contributed by atoms with E-state index in [1.54, 1.807) is 0 Å². The number of allylic oxidation sites excluding steroid dienone is 2. The predicted octanol–water partition coefficient (Wildman–Crippen LogP) is 13.6. The van der Waals surface area contributed by atoms with Crippen LogP contribution in [0.1, 0.15) is 51.9 Å². The molecule has 0 N–H and O–H groups in total. The van der Waals surface area contributed by atoms with Crippen LogP contribution in [0.2, 0.25) is 0 Å². The average molecular weight is 693 g/mol. The molecule has 2 heterocycles. The Morgan fingerprint density at radius 1 is 0.444 bits per heavy atom. The highest BCUT2D eigenvalue weighted by molar-refractivity contribution is 6.09. The van der Waals surface area contributed by atoms with Crippen molar-refractivity contribution in [3.05, 3.63) is 185 Å². The number of hydrogen-bond acceptors (Lipinski definition) is 0. The van der Waals surface area contributed by atoms with Gasteiger partial charge in [-0.1, -0.05) is 103 Å². The highest BCUT2D eigenvalue weighted by Crippen LogP contribution is 2.41. The minimum atomic E-state index is 1.03. The van der Waals surface area contributed by atoms with E-state index in [0.717, 1.165) is 25.7 Å². The molecule has 0 saturated heterocycles. The van der Waals surface area contributed by atoms with Gasteiger partial charge in [0.25, 0.3) is 0 Å². The highest BCUT2D eigenvalue weighted by Gasteiger charge is 2.22. The molecule has 0 amide bonds. The second-order valence-electron chi connectivity index (χ2n) is 15.2.